The Morgan fingerprint density at radius 3 is 2.12 bits per heavy atom. The Balaban J connectivity index is 1.29. The van der Waals surface area contributed by atoms with E-state index in [0.29, 0.717) is 12.2 Å². The number of para-hydroxylation sites is 1. The first-order valence-electron chi connectivity index (χ1n) is 12.8. The van der Waals surface area contributed by atoms with E-state index in [4.69, 9.17) is 0 Å². The van der Waals surface area contributed by atoms with Crippen LogP contribution >= 0.6 is 0 Å². The third-order valence-electron chi connectivity index (χ3n) is 6.45. The third-order valence-corrected chi connectivity index (χ3v) is 7.31. The van der Waals surface area contributed by atoms with Crippen LogP contribution in [0.5, 0.6) is 5.75 Å². The highest BCUT2D eigenvalue weighted by molar-refractivity contribution is 7.85. The summed E-state index contributed by atoms with van der Waals surface area (Å²) in [5.41, 5.74) is 3.46. The second-order valence-electron chi connectivity index (χ2n) is 9.37. The molecule has 2 amide bonds. The first-order chi connectivity index (χ1) is 20.4. The highest BCUT2D eigenvalue weighted by Crippen LogP contribution is 2.33. The molecule has 3 aromatic carbocycles. The zero-order valence-corrected chi connectivity index (χ0v) is 23.1. The maximum atomic E-state index is 14.0. The number of nitrogens with zero attached hydrogens (tertiary/aromatic N) is 1. The Kier molecular flexibility index (Phi) is 9.61. The number of rotatable bonds is 9. The largest absolute Gasteiger partial charge is 0.744 e. The van der Waals surface area contributed by atoms with Gasteiger partial charge in [0.1, 0.15) is 15.0 Å². The molecule has 1 heterocycles. The van der Waals surface area contributed by atoms with Crippen molar-refractivity contribution in [2.24, 2.45) is 0 Å². The lowest BCUT2D eigenvalue weighted by Gasteiger charge is -2.27. The van der Waals surface area contributed by atoms with E-state index in [2.05, 4.69) is 10.1 Å². The van der Waals surface area contributed by atoms with E-state index in [0.717, 1.165) is 16.7 Å². The van der Waals surface area contributed by atoms with Gasteiger partial charge in [-0.1, -0.05) is 54.6 Å². The quantitative estimate of drug-likeness (QED) is 0.123. The number of hydrogen-bond acceptors (Lipinski definition) is 7. The van der Waals surface area contributed by atoms with Crippen molar-refractivity contribution in [1.82, 2.24) is 5.32 Å². The van der Waals surface area contributed by atoms with Gasteiger partial charge in [-0.3, -0.25) is 14.4 Å². The SMILES string of the molecule is O=C(CCCC(=O)Oc1c(F)c(F)c(S(=O)(=O)[O-])c(F)c1F)NCCC(=O)N1Cc2ccccc2/C=C\c2ccccc21. The van der Waals surface area contributed by atoms with Crippen molar-refractivity contribution in [3.8, 4) is 5.75 Å². The molecule has 0 saturated carbocycles. The van der Waals surface area contributed by atoms with Crippen molar-refractivity contribution in [2.45, 2.75) is 37.1 Å². The number of halogens is 4. The number of fused-ring (bicyclic) bond motifs is 2. The molecule has 1 aliphatic heterocycles. The first kappa shape index (κ1) is 31.4. The highest BCUT2D eigenvalue weighted by atomic mass is 32.2. The molecule has 0 aliphatic carbocycles. The van der Waals surface area contributed by atoms with Crippen molar-refractivity contribution in [2.75, 3.05) is 11.4 Å². The fourth-order valence-corrected chi connectivity index (χ4v) is 4.98. The summed E-state index contributed by atoms with van der Waals surface area (Å²) < 4.78 is 92.7. The standard InChI is InChI=1S/C29H24F4N2O7S/c30-24-26(32)29(43(39,40)41)27(33)25(31)28(24)42-23(38)11-5-10-21(36)34-15-14-22(37)35-16-19-8-2-1-6-17(19)12-13-18-7-3-4-9-20(18)35/h1-4,6-9,12-13H,5,10-11,14-16H2,(H,34,36)(H,39,40,41)/p-1/b13-12-. The number of carbonyl (C=O) groups is 3. The predicted octanol–water partition coefficient (Wildman–Crippen LogP) is 4.45. The molecule has 1 N–H and O–H groups in total. The van der Waals surface area contributed by atoms with Gasteiger partial charge in [-0.05, 0) is 29.2 Å². The van der Waals surface area contributed by atoms with Gasteiger partial charge in [0.15, 0.2) is 11.6 Å². The van der Waals surface area contributed by atoms with Crippen LogP contribution < -0.4 is 15.0 Å². The van der Waals surface area contributed by atoms with E-state index in [1.54, 1.807) is 4.90 Å². The number of nitrogens with one attached hydrogen (secondary N) is 1. The summed E-state index contributed by atoms with van der Waals surface area (Å²) >= 11 is 0. The van der Waals surface area contributed by atoms with Crippen molar-refractivity contribution < 1.29 is 49.7 Å². The Labute approximate surface area is 243 Å². The number of benzene rings is 3. The molecule has 43 heavy (non-hydrogen) atoms. The predicted molar refractivity (Wildman–Crippen MR) is 144 cm³/mol. The van der Waals surface area contributed by atoms with Crippen LogP contribution in [0.2, 0.25) is 0 Å². The molecule has 4 rings (SSSR count). The minimum atomic E-state index is -5.92. The molecule has 0 saturated heterocycles. The minimum absolute atomic E-state index is 0.0256. The Morgan fingerprint density at radius 2 is 1.44 bits per heavy atom. The number of amides is 2. The summed E-state index contributed by atoms with van der Waals surface area (Å²) in [6.07, 6.45) is 2.76. The molecule has 226 valence electrons. The van der Waals surface area contributed by atoms with Crippen molar-refractivity contribution in [3.05, 3.63) is 88.5 Å². The number of carbonyl (C=O) groups excluding carboxylic acids is 3. The normalized spacial score (nSPS) is 13.3. The van der Waals surface area contributed by atoms with Crippen LogP contribution in [0.25, 0.3) is 12.2 Å². The molecule has 0 atom stereocenters. The van der Waals surface area contributed by atoms with Crippen LogP contribution in [-0.2, 0) is 31.0 Å². The number of ether oxygens (including phenoxy) is 1. The number of esters is 1. The zero-order chi connectivity index (χ0) is 31.3. The molecule has 3 aromatic rings. The molecule has 0 fully saturated rings. The third kappa shape index (κ3) is 7.27. The van der Waals surface area contributed by atoms with E-state index in [1.807, 2.05) is 60.7 Å². The van der Waals surface area contributed by atoms with Gasteiger partial charge in [0.05, 0.1) is 12.2 Å². The van der Waals surface area contributed by atoms with Crippen molar-refractivity contribution in [3.63, 3.8) is 0 Å². The number of hydrogen-bond donors (Lipinski definition) is 1. The maximum Gasteiger partial charge on any atom is 0.311 e. The van der Waals surface area contributed by atoms with Crippen LogP contribution in [0.1, 0.15) is 42.4 Å². The Hall–Kier alpha value is -4.56. The average Bonchev–Trinajstić information content (AvgIpc) is 2.95. The molecular weight excluding hydrogens is 596 g/mol. The average molecular weight is 620 g/mol. The maximum absolute atomic E-state index is 14.0. The Bertz CT molecular complexity index is 1700. The van der Waals surface area contributed by atoms with Gasteiger partial charge in [0, 0.05) is 25.8 Å². The van der Waals surface area contributed by atoms with Gasteiger partial charge in [-0.25, -0.2) is 17.2 Å². The lowest BCUT2D eigenvalue weighted by Crippen LogP contribution is -2.35. The van der Waals surface area contributed by atoms with Gasteiger partial charge in [0.25, 0.3) is 0 Å². The first-order valence-corrected chi connectivity index (χ1v) is 14.2. The van der Waals surface area contributed by atoms with Crippen LogP contribution in [0.4, 0.5) is 23.2 Å². The molecule has 9 nitrogen and oxygen atoms in total. The van der Waals surface area contributed by atoms with E-state index < -0.39 is 62.3 Å². The fraction of sp³-hybridized carbons (Fsp3) is 0.207. The summed E-state index contributed by atoms with van der Waals surface area (Å²) in [5, 5.41) is 2.54. The van der Waals surface area contributed by atoms with E-state index >= 15 is 0 Å². The van der Waals surface area contributed by atoms with Crippen LogP contribution in [0, 0.1) is 23.3 Å². The minimum Gasteiger partial charge on any atom is -0.744 e. The Morgan fingerprint density at radius 1 is 0.837 bits per heavy atom. The molecule has 0 unspecified atom stereocenters. The monoisotopic (exact) mass is 619 g/mol. The summed E-state index contributed by atoms with van der Waals surface area (Å²) in [5.74, 6) is -13.9. The lowest BCUT2D eigenvalue weighted by molar-refractivity contribution is -0.135. The van der Waals surface area contributed by atoms with E-state index in [-0.39, 0.29) is 31.7 Å². The van der Waals surface area contributed by atoms with Crippen LogP contribution in [0.3, 0.4) is 0 Å². The van der Waals surface area contributed by atoms with Gasteiger partial charge < -0.3 is 19.5 Å². The molecule has 0 radical (unpaired) electrons. The highest BCUT2D eigenvalue weighted by Gasteiger charge is 2.31. The van der Waals surface area contributed by atoms with E-state index in [9.17, 15) is 44.9 Å². The lowest BCUT2D eigenvalue weighted by atomic mass is 10.0. The summed E-state index contributed by atoms with van der Waals surface area (Å²) in [6, 6.07) is 15.0. The van der Waals surface area contributed by atoms with Gasteiger partial charge in [0.2, 0.25) is 29.2 Å². The second kappa shape index (κ2) is 13.2. The van der Waals surface area contributed by atoms with Crippen molar-refractivity contribution in [1.29, 1.82) is 0 Å². The topological polar surface area (TPSA) is 133 Å². The molecule has 0 bridgehead atoms. The molecule has 0 aromatic heterocycles. The fourth-order valence-electron chi connectivity index (χ4n) is 4.36. The second-order valence-corrected chi connectivity index (χ2v) is 10.7. The van der Waals surface area contributed by atoms with Crippen molar-refractivity contribution >= 4 is 45.7 Å². The molecular formula is C29H23F4N2O7S-. The zero-order valence-electron chi connectivity index (χ0n) is 22.2. The van der Waals surface area contributed by atoms with Crippen LogP contribution in [0.15, 0.2) is 53.4 Å². The molecule has 1 aliphatic rings. The summed E-state index contributed by atoms with van der Waals surface area (Å²) in [4.78, 5) is 36.6. The number of anilines is 1. The van der Waals surface area contributed by atoms with Gasteiger partial charge in [-0.15, -0.1) is 0 Å². The van der Waals surface area contributed by atoms with Gasteiger partial charge in [-0.2, -0.15) is 8.78 Å². The summed E-state index contributed by atoms with van der Waals surface area (Å²) in [6.45, 7) is 0.291. The van der Waals surface area contributed by atoms with Crippen LogP contribution in [-0.4, -0.2) is 37.3 Å². The molecule has 14 heteroatoms. The smallest absolute Gasteiger partial charge is 0.311 e. The van der Waals surface area contributed by atoms with Gasteiger partial charge >= 0.3 is 5.97 Å². The summed E-state index contributed by atoms with van der Waals surface area (Å²) in [7, 11) is -5.92. The van der Waals surface area contributed by atoms with E-state index in [1.165, 1.54) is 0 Å². The molecule has 0 spiro atoms.